The lowest BCUT2D eigenvalue weighted by Crippen LogP contribution is -2.55. The van der Waals surface area contributed by atoms with Gasteiger partial charge in [0.2, 0.25) is 5.78 Å². The van der Waals surface area contributed by atoms with E-state index < -0.39 is 47.6 Å². The van der Waals surface area contributed by atoms with Crippen molar-refractivity contribution in [3.05, 3.63) is 53.9 Å². The highest BCUT2D eigenvalue weighted by Gasteiger charge is 2.65. The highest BCUT2D eigenvalue weighted by Crippen LogP contribution is 2.62. The monoisotopic (exact) mass is 523 g/mol. The van der Waals surface area contributed by atoms with Gasteiger partial charge in [0.1, 0.15) is 12.2 Å². The SMILES string of the molecule is C=C1CC[C@H]2[C@@H](/C=C(/C)C(=O)[C@@]3(OC(C)=O)C[C@H](C)[C@H](OC(=O)c4cccnc4)[C@@H]3[C@H]1OC(C)=O)C2(C)C. The van der Waals surface area contributed by atoms with E-state index in [-0.39, 0.29) is 29.1 Å². The number of ketones is 1. The zero-order chi connectivity index (χ0) is 28.0. The number of hydrogen-bond donors (Lipinski definition) is 0. The van der Waals surface area contributed by atoms with Gasteiger partial charge in [-0.05, 0) is 66.2 Å². The molecule has 7 atom stereocenters. The molecule has 1 aromatic rings. The standard InChI is InChI=1S/C30H37NO7/c1-16-10-11-22-23(29(22,6)7)13-17(2)27(34)30(38-20(5)33)14-18(3)26(24(30)25(16)36-19(4)32)37-28(35)21-9-8-12-31-15-21/h8-9,12-13,15,18,22-26H,1,10-11,14H2,2-7H3/b17-13-/t18-,22-,23+,24-,25-,26-,30+/m0/s1. The molecule has 0 spiro atoms. The Bertz CT molecular complexity index is 1190. The number of aromatic nitrogens is 1. The first-order valence-corrected chi connectivity index (χ1v) is 13.2. The molecule has 0 bridgehead atoms. The van der Waals surface area contributed by atoms with Crippen LogP contribution in [0.3, 0.4) is 0 Å². The van der Waals surface area contributed by atoms with Crippen molar-refractivity contribution < 1.29 is 33.4 Å². The second kappa shape index (κ2) is 10.1. The molecule has 0 aliphatic heterocycles. The van der Waals surface area contributed by atoms with Crippen LogP contribution in [0.5, 0.6) is 0 Å². The Morgan fingerprint density at radius 3 is 2.45 bits per heavy atom. The maximum atomic E-state index is 14.3. The van der Waals surface area contributed by atoms with Crippen molar-refractivity contribution in [2.45, 2.75) is 78.6 Å². The van der Waals surface area contributed by atoms with Gasteiger partial charge in [0.05, 0.1) is 11.5 Å². The molecule has 4 rings (SSSR count). The first-order chi connectivity index (χ1) is 17.8. The summed E-state index contributed by atoms with van der Waals surface area (Å²) in [6.07, 6.45) is 4.49. The summed E-state index contributed by atoms with van der Waals surface area (Å²) in [7, 11) is 0. The molecule has 0 amide bonds. The van der Waals surface area contributed by atoms with Crippen LogP contribution in [0.15, 0.2) is 48.3 Å². The molecule has 1 heterocycles. The highest BCUT2D eigenvalue weighted by molar-refractivity contribution is 6.03. The molecule has 204 valence electrons. The van der Waals surface area contributed by atoms with Crippen molar-refractivity contribution >= 4 is 23.7 Å². The summed E-state index contributed by atoms with van der Waals surface area (Å²) in [6, 6.07) is 3.21. The maximum absolute atomic E-state index is 14.3. The average Bonchev–Trinajstić information content (AvgIpc) is 3.24. The summed E-state index contributed by atoms with van der Waals surface area (Å²) in [5.41, 5.74) is -0.358. The van der Waals surface area contributed by atoms with Gasteiger partial charge < -0.3 is 14.2 Å². The van der Waals surface area contributed by atoms with E-state index in [0.29, 0.717) is 23.5 Å². The van der Waals surface area contributed by atoms with E-state index >= 15 is 0 Å². The van der Waals surface area contributed by atoms with Crippen LogP contribution in [-0.2, 0) is 28.6 Å². The van der Waals surface area contributed by atoms with E-state index in [4.69, 9.17) is 14.2 Å². The minimum atomic E-state index is -1.70. The topological polar surface area (TPSA) is 109 Å². The fraction of sp³-hybridized carbons (Fsp3) is 0.567. The zero-order valence-corrected chi connectivity index (χ0v) is 23.0. The molecule has 0 N–H and O–H groups in total. The van der Waals surface area contributed by atoms with Gasteiger partial charge in [-0.3, -0.25) is 19.4 Å². The quantitative estimate of drug-likeness (QED) is 0.319. The number of nitrogens with zero attached hydrogens (tertiary/aromatic N) is 1. The Labute approximate surface area is 223 Å². The lowest BCUT2D eigenvalue weighted by molar-refractivity contribution is -0.179. The summed E-state index contributed by atoms with van der Waals surface area (Å²) >= 11 is 0. The average molecular weight is 524 g/mol. The van der Waals surface area contributed by atoms with E-state index in [1.54, 1.807) is 25.3 Å². The van der Waals surface area contributed by atoms with Crippen LogP contribution in [-0.4, -0.2) is 46.5 Å². The molecule has 0 aromatic carbocycles. The molecule has 8 heteroatoms. The number of ether oxygens (including phenoxy) is 3. The molecule has 38 heavy (non-hydrogen) atoms. The third-order valence-corrected chi connectivity index (χ3v) is 8.65. The van der Waals surface area contributed by atoms with Crippen LogP contribution < -0.4 is 0 Å². The van der Waals surface area contributed by atoms with E-state index in [1.165, 1.54) is 20.0 Å². The van der Waals surface area contributed by atoms with Gasteiger partial charge in [0.15, 0.2) is 5.60 Å². The second-order valence-corrected chi connectivity index (χ2v) is 11.7. The van der Waals surface area contributed by atoms with E-state index in [1.807, 2.05) is 13.0 Å². The van der Waals surface area contributed by atoms with Crippen LogP contribution in [0.4, 0.5) is 0 Å². The minimum absolute atomic E-state index is 0.0106. The summed E-state index contributed by atoms with van der Waals surface area (Å²) in [4.78, 5) is 56.3. The molecule has 0 unspecified atom stereocenters. The molecule has 3 aliphatic carbocycles. The van der Waals surface area contributed by atoms with Gasteiger partial charge >= 0.3 is 17.9 Å². The van der Waals surface area contributed by atoms with Crippen LogP contribution in [0.1, 0.15) is 71.2 Å². The summed E-state index contributed by atoms with van der Waals surface area (Å²) in [5.74, 6) is -3.04. The fourth-order valence-electron chi connectivity index (χ4n) is 6.71. The van der Waals surface area contributed by atoms with E-state index in [0.717, 1.165) is 6.42 Å². The van der Waals surface area contributed by atoms with Gasteiger partial charge in [0, 0.05) is 32.7 Å². The lowest BCUT2D eigenvalue weighted by atomic mass is 9.76. The Hall–Kier alpha value is -3.29. The number of carbonyl (C=O) groups excluding carboxylic acids is 4. The third kappa shape index (κ3) is 4.93. The van der Waals surface area contributed by atoms with Crippen LogP contribution in [0, 0.1) is 29.1 Å². The van der Waals surface area contributed by atoms with Crippen LogP contribution in [0.25, 0.3) is 0 Å². The van der Waals surface area contributed by atoms with Gasteiger partial charge in [-0.1, -0.05) is 33.4 Å². The zero-order valence-electron chi connectivity index (χ0n) is 23.0. The summed E-state index contributed by atoms with van der Waals surface area (Å²) < 4.78 is 17.8. The first-order valence-electron chi connectivity index (χ1n) is 13.2. The van der Waals surface area contributed by atoms with Gasteiger partial charge in [-0.15, -0.1) is 0 Å². The van der Waals surface area contributed by atoms with Crippen molar-refractivity contribution in [2.75, 3.05) is 0 Å². The molecular weight excluding hydrogens is 486 g/mol. The minimum Gasteiger partial charge on any atom is -0.458 e. The molecule has 1 aromatic heterocycles. The third-order valence-electron chi connectivity index (χ3n) is 8.65. The number of allylic oxidation sites excluding steroid dienone is 1. The summed E-state index contributed by atoms with van der Waals surface area (Å²) in [5, 5.41) is 0. The van der Waals surface area contributed by atoms with Gasteiger partial charge in [-0.25, -0.2) is 4.79 Å². The molecule has 8 nitrogen and oxygen atoms in total. The molecular formula is C30H37NO7. The molecule has 0 saturated heterocycles. The largest absolute Gasteiger partial charge is 0.458 e. The smallest absolute Gasteiger partial charge is 0.339 e. The van der Waals surface area contributed by atoms with Crippen molar-refractivity contribution in [3.63, 3.8) is 0 Å². The second-order valence-electron chi connectivity index (χ2n) is 11.7. The number of pyridine rings is 1. The first kappa shape index (κ1) is 27.7. The predicted octanol–water partition coefficient (Wildman–Crippen LogP) is 4.63. The fourth-order valence-corrected chi connectivity index (χ4v) is 6.71. The predicted molar refractivity (Wildman–Crippen MR) is 139 cm³/mol. The Morgan fingerprint density at radius 2 is 1.84 bits per heavy atom. The van der Waals surface area contributed by atoms with Crippen LogP contribution >= 0.6 is 0 Å². The Kier molecular flexibility index (Phi) is 7.38. The van der Waals surface area contributed by atoms with Gasteiger partial charge in [-0.2, -0.15) is 0 Å². The van der Waals surface area contributed by atoms with Gasteiger partial charge in [0.25, 0.3) is 0 Å². The number of Topliss-reactive ketones (excluding diaryl/α,β-unsaturated/α-hetero) is 1. The number of esters is 3. The number of rotatable bonds is 4. The van der Waals surface area contributed by atoms with Crippen molar-refractivity contribution in [3.8, 4) is 0 Å². The maximum Gasteiger partial charge on any atom is 0.339 e. The molecule has 3 aliphatic rings. The molecule has 2 fully saturated rings. The van der Waals surface area contributed by atoms with Crippen molar-refractivity contribution in [2.24, 2.45) is 29.1 Å². The number of carbonyl (C=O) groups is 4. The lowest BCUT2D eigenvalue weighted by Gasteiger charge is -2.39. The van der Waals surface area contributed by atoms with Crippen molar-refractivity contribution in [1.29, 1.82) is 0 Å². The number of hydrogen-bond acceptors (Lipinski definition) is 8. The van der Waals surface area contributed by atoms with E-state index in [2.05, 4.69) is 25.4 Å². The highest BCUT2D eigenvalue weighted by atomic mass is 16.6. The normalized spacial score (nSPS) is 35.5. The van der Waals surface area contributed by atoms with Crippen LogP contribution in [0.2, 0.25) is 0 Å². The Balaban J connectivity index is 1.87. The molecule has 0 radical (unpaired) electrons. The number of fused-ring (bicyclic) bond motifs is 2. The van der Waals surface area contributed by atoms with Crippen molar-refractivity contribution in [1.82, 2.24) is 4.98 Å². The Morgan fingerprint density at radius 1 is 1.13 bits per heavy atom. The van der Waals surface area contributed by atoms with E-state index in [9.17, 15) is 19.2 Å². The summed E-state index contributed by atoms with van der Waals surface area (Å²) in [6.45, 7) is 14.7. The molecule has 2 saturated carbocycles.